The van der Waals surface area contributed by atoms with Crippen molar-refractivity contribution in [1.82, 2.24) is 14.5 Å². The van der Waals surface area contributed by atoms with Crippen LogP contribution in [-0.2, 0) is 21.2 Å². The van der Waals surface area contributed by atoms with E-state index in [4.69, 9.17) is 4.74 Å². The fourth-order valence-corrected chi connectivity index (χ4v) is 8.76. The van der Waals surface area contributed by atoms with E-state index in [9.17, 15) is 17.6 Å². The highest BCUT2D eigenvalue weighted by Crippen LogP contribution is 2.40. The number of nitrogens with zero attached hydrogens (tertiary/aromatic N) is 2. The van der Waals surface area contributed by atoms with Crippen molar-refractivity contribution in [2.24, 2.45) is 11.8 Å². The predicted octanol–water partition coefficient (Wildman–Crippen LogP) is 6.13. The van der Waals surface area contributed by atoms with Crippen molar-refractivity contribution >= 4 is 15.9 Å². The second-order valence-corrected chi connectivity index (χ2v) is 14.2. The Bertz CT molecular complexity index is 1520. The quantitative estimate of drug-likeness (QED) is 0.279. The Balaban J connectivity index is 1.18. The van der Waals surface area contributed by atoms with Gasteiger partial charge < -0.3 is 15.0 Å². The van der Waals surface area contributed by atoms with Crippen LogP contribution in [0.3, 0.4) is 0 Å². The smallest absolute Gasteiger partial charge is 0.243 e. The first kappa shape index (κ1) is 32.1. The van der Waals surface area contributed by atoms with Gasteiger partial charge in [-0.05, 0) is 105 Å². The summed E-state index contributed by atoms with van der Waals surface area (Å²) in [6, 6.07) is 20.8. The molecule has 0 bridgehead atoms. The van der Waals surface area contributed by atoms with Crippen LogP contribution in [0.15, 0.2) is 77.7 Å². The number of carbonyl (C=O) groups excluding carboxylic acids is 1. The predicted molar refractivity (Wildman–Crippen MR) is 170 cm³/mol. The molecule has 44 heavy (non-hydrogen) atoms. The zero-order valence-electron chi connectivity index (χ0n) is 25.9. The molecule has 0 aromatic heterocycles. The van der Waals surface area contributed by atoms with E-state index in [0.29, 0.717) is 37.1 Å². The number of rotatable bonds is 11. The lowest BCUT2D eigenvalue weighted by atomic mass is 9.75. The van der Waals surface area contributed by atoms with Crippen molar-refractivity contribution in [1.29, 1.82) is 0 Å². The van der Waals surface area contributed by atoms with Crippen molar-refractivity contribution in [2.45, 2.75) is 61.9 Å². The van der Waals surface area contributed by atoms with E-state index in [-0.39, 0.29) is 29.1 Å². The van der Waals surface area contributed by atoms with Crippen molar-refractivity contribution < 1.29 is 22.3 Å². The fraction of sp³-hybridized carbons (Fsp3) is 0.457. The number of carbonyl (C=O) groups is 1. The number of hydrogen-bond acceptors (Lipinski definition) is 5. The van der Waals surface area contributed by atoms with Gasteiger partial charge in [0.1, 0.15) is 11.6 Å². The summed E-state index contributed by atoms with van der Waals surface area (Å²) in [5, 5.41) is 3.09. The largest absolute Gasteiger partial charge is 0.497 e. The van der Waals surface area contributed by atoms with Gasteiger partial charge in [-0.2, -0.15) is 4.31 Å². The zero-order chi connectivity index (χ0) is 31.3. The number of nitrogens with one attached hydrogen (secondary N) is 1. The van der Waals surface area contributed by atoms with Crippen LogP contribution >= 0.6 is 0 Å². The van der Waals surface area contributed by atoms with Gasteiger partial charge in [0.2, 0.25) is 15.9 Å². The zero-order valence-corrected chi connectivity index (χ0v) is 26.7. The number of benzene rings is 3. The van der Waals surface area contributed by atoms with E-state index in [0.717, 1.165) is 48.8 Å². The van der Waals surface area contributed by atoms with E-state index < -0.39 is 16.1 Å². The van der Waals surface area contributed by atoms with Gasteiger partial charge >= 0.3 is 0 Å². The first-order chi connectivity index (χ1) is 21.2. The minimum Gasteiger partial charge on any atom is -0.497 e. The van der Waals surface area contributed by atoms with E-state index in [1.54, 1.807) is 43.5 Å². The third-order valence-corrected chi connectivity index (χ3v) is 11.3. The molecule has 1 saturated carbocycles. The molecule has 1 fully saturated rings. The first-order valence-corrected chi connectivity index (χ1v) is 17.0. The number of sulfonamides is 1. The number of halogens is 1. The molecule has 0 saturated heterocycles. The Kier molecular flexibility index (Phi) is 10.4. The van der Waals surface area contributed by atoms with Crippen molar-refractivity contribution in [3.8, 4) is 5.75 Å². The van der Waals surface area contributed by atoms with Crippen LogP contribution in [0.5, 0.6) is 5.75 Å². The number of fused-ring (bicyclic) bond motifs is 1. The molecule has 2 aliphatic rings. The Hall–Kier alpha value is -3.27. The van der Waals surface area contributed by atoms with E-state index in [1.165, 1.54) is 10.4 Å². The minimum absolute atomic E-state index is 0.0668. The van der Waals surface area contributed by atoms with Crippen LogP contribution in [0.2, 0.25) is 0 Å². The van der Waals surface area contributed by atoms with E-state index >= 15 is 0 Å². The van der Waals surface area contributed by atoms with Gasteiger partial charge in [0.05, 0.1) is 18.0 Å². The second-order valence-electron chi connectivity index (χ2n) is 12.3. The van der Waals surface area contributed by atoms with Crippen LogP contribution in [0.25, 0.3) is 0 Å². The monoisotopic (exact) mass is 621 g/mol. The third kappa shape index (κ3) is 7.33. The summed E-state index contributed by atoms with van der Waals surface area (Å²) in [4.78, 5) is 15.7. The van der Waals surface area contributed by atoms with Gasteiger partial charge in [0.15, 0.2) is 0 Å². The first-order valence-electron chi connectivity index (χ1n) is 15.6. The lowest BCUT2D eigenvalue weighted by Crippen LogP contribution is -2.42. The highest BCUT2D eigenvalue weighted by molar-refractivity contribution is 7.89. The maximum Gasteiger partial charge on any atom is 0.243 e. The highest BCUT2D eigenvalue weighted by atomic mass is 32.2. The number of ether oxygens (including phenoxy) is 1. The summed E-state index contributed by atoms with van der Waals surface area (Å²) < 4.78 is 48.2. The molecular formula is C35H44FN3O4S. The molecule has 0 radical (unpaired) electrons. The molecule has 3 aromatic carbocycles. The molecule has 0 spiro atoms. The Morgan fingerprint density at radius 3 is 2.43 bits per heavy atom. The minimum atomic E-state index is -3.83. The van der Waals surface area contributed by atoms with Crippen LogP contribution in [0.1, 0.15) is 67.3 Å². The molecule has 1 amide bonds. The van der Waals surface area contributed by atoms with Crippen LogP contribution in [0.4, 0.5) is 4.39 Å². The van der Waals surface area contributed by atoms with E-state index in [2.05, 4.69) is 24.3 Å². The van der Waals surface area contributed by atoms with Gasteiger partial charge in [-0.1, -0.05) is 49.2 Å². The van der Waals surface area contributed by atoms with Crippen molar-refractivity contribution in [3.05, 3.63) is 95.3 Å². The van der Waals surface area contributed by atoms with Gasteiger partial charge in [-0.3, -0.25) is 4.79 Å². The fourth-order valence-electron chi connectivity index (χ4n) is 7.15. The molecule has 9 heteroatoms. The summed E-state index contributed by atoms with van der Waals surface area (Å²) in [6.07, 6.45) is 5.83. The average molecular weight is 622 g/mol. The second kappa shape index (κ2) is 14.2. The molecule has 236 valence electrons. The summed E-state index contributed by atoms with van der Waals surface area (Å²) >= 11 is 0. The van der Waals surface area contributed by atoms with Gasteiger partial charge in [0, 0.05) is 25.6 Å². The average Bonchev–Trinajstić information content (AvgIpc) is 3.02. The van der Waals surface area contributed by atoms with Gasteiger partial charge in [-0.15, -0.1) is 0 Å². The number of methoxy groups -OCH3 is 1. The molecule has 2 atom stereocenters. The van der Waals surface area contributed by atoms with Crippen LogP contribution < -0.4 is 10.1 Å². The number of amides is 1. The molecular weight excluding hydrogens is 577 g/mol. The molecule has 7 nitrogen and oxygen atoms in total. The molecule has 1 aliphatic heterocycles. The summed E-state index contributed by atoms with van der Waals surface area (Å²) in [5.41, 5.74) is 2.99. The summed E-state index contributed by atoms with van der Waals surface area (Å²) in [5.74, 6) is 1.22. The van der Waals surface area contributed by atoms with E-state index in [1.807, 2.05) is 30.3 Å². The SMILES string of the molecule is COc1ccc(S(=O)(=O)N2CCc3ccccc3C2CC(=O)NCCC2CCC(C(c3cccc(F)c3)N(C)C)CC2)cc1. The summed E-state index contributed by atoms with van der Waals surface area (Å²) in [6.45, 7) is 0.880. The lowest BCUT2D eigenvalue weighted by Gasteiger charge is -2.38. The normalized spacial score (nSPS) is 21.4. The standard InChI is InChI=1S/C35H44FN3O4S/c1-38(2)35(28-8-6-9-29(36)23-28)27-13-11-25(12-14-27)19-21-37-34(40)24-33-32-10-5-4-7-26(32)20-22-39(33)44(41,42)31-17-15-30(43-3)16-18-31/h4-10,15-18,23,25,27,33,35H,11-14,19-22,24H2,1-3H3,(H,37,40). The maximum absolute atomic E-state index is 13.9. The van der Waals surface area contributed by atoms with Crippen LogP contribution in [0, 0.1) is 17.7 Å². The molecule has 3 aromatic rings. The molecule has 1 N–H and O–H groups in total. The molecule has 1 aliphatic carbocycles. The molecule has 2 unspecified atom stereocenters. The molecule has 5 rings (SSSR count). The van der Waals surface area contributed by atoms with Crippen molar-refractivity contribution in [3.63, 3.8) is 0 Å². The lowest BCUT2D eigenvalue weighted by molar-refractivity contribution is -0.122. The Labute approximate surface area is 261 Å². The number of hydrogen-bond donors (Lipinski definition) is 1. The summed E-state index contributed by atoms with van der Waals surface area (Å²) in [7, 11) is 1.83. The third-order valence-electron chi connectivity index (χ3n) is 9.37. The Morgan fingerprint density at radius 1 is 1.02 bits per heavy atom. The maximum atomic E-state index is 13.9. The van der Waals surface area contributed by atoms with Crippen LogP contribution in [-0.4, -0.2) is 57.8 Å². The molecule has 1 heterocycles. The van der Waals surface area contributed by atoms with Gasteiger partial charge in [-0.25, -0.2) is 12.8 Å². The topological polar surface area (TPSA) is 79.0 Å². The highest BCUT2D eigenvalue weighted by Gasteiger charge is 2.37. The van der Waals surface area contributed by atoms with Gasteiger partial charge in [0.25, 0.3) is 0 Å². The van der Waals surface area contributed by atoms with Crippen molar-refractivity contribution in [2.75, 3.05) is 34.3 Å². The Morgan fingerprint density at radius 2 is 1.75 bits per heavy atom.